The molecule has 1 aromatic rings. The number of hydrogen-bond acceptors (Lipinski definition) is 3. The van der Waals surface area contributed by atoms with Gasteiger partial charge in [0.05, 0.1) is 12.1 Å². The van der Waals surface area contributed by atoms with Crippen molar-refractivity contribution in [2.24, 2.45) is 5.73 Å². The molecule has 0 heterocycles. The molecule has 0 bridgehead atoms. The molecule has 3 unspecified atom stereocenters. The first-order valence-electron chi connectivity index (χ1n) is 6.86. The van der Waals surface area contributed by atoms with E-state index < -0.39 is 12.1 Å². The Labute approximate surface area is 114 Å². The van der Waals surface area contributed by atoms with Crippen LogP contribution in [0.25, 0.3) is 0 Å². The maximum atomic E-state index is 12.4. The van der Waals surface area contributed by atoms with Gasteiger partial charge < -0.3 is 15.7 Å². The van der Waals surface area contributed by atoms with Crippen molar-refractivity contribution in [3.63, 3.8) is 0 Å². The maximum Gasteiger partial charge on any atom is 0.244 e. The average Bonchev–Trinajstić information content (AvgIpc) is 2.46. The first-order valence-corrected chi connectivity index (χ1v) is 6.86. The van der Waals surface area contributed by atoms with Crippen LogP contribution in [0.1, 0.15) is 37.3 Å². The van der Waals surface area contributed by atoms with Crippen LogP contribution in [0, 0.1) is 0 Å². The highest BCUT2D eigenvalue weighted by atomic mass is 16.3. The van der Waals surface area contributed by atoms with Crippen LogP contribution < -0.4 is 5.73 Å². The second kappa shape index (κ2) is 6.17. The van der Waals surface area contributed by atoms with Crippen LogP contribution in [0.15, 0.2) is 30.3 Å². The van der Waals surface area contributed by atoms with Crippen molar-refractivity contribution in [1.82, 2.24) is 4.90 Å². The number of hydrogen-bond donors (Lipinski definition) is 2. The molecule has 3 N–H and O–H groups in total. The Kier molecular flexibility index (Phi) is 4.56. The number of likely N-dealkylation sites (N-methyl/N-ethyl adjacent to an activating group) is 1. The molecule has 4 heteroatoms. The molecule has 0 saturated heterocycles. The zero-order chi connectivity index (χ0) is 13.8. The summed E-state index contributed by atoms with van der Waals surface area (Å²) in [5.41, 5.74) is 6.83. The summed E-state index contributed by atoms with van der Waals surface area (Å²) in [4.78, 5) is 14.0. The Morgan fingerprint density at radius 2 is 1.95 bits per heavy atom. The monoisotopic (exact) mass is 262 g/mol. The number of nitrogens with zero attached hydrogens (tertiary/aromatic N) is 1. The average molecular weight is 262 g/mol. The van der Waals surface area contributed by atoms with Gasteiger partial charge in [-0.3, -0.25) is 4.79 Å². The third-order valence-electron chi connectivity index (χ3n) is 3.96. The van der Waals surface area contributed by atoms with Crippen molar-refractivity contribution in [2.45, 2.75) is 43.9 Å². The van der Waals surface area contributed by atoms with Crippen molar-refractivity contribution in [3.05, 3.63) is 35.9 Å². The quantitative estimate of drug-likeness (QED) is 0.866. The Hall–Kier alpha value is -1.39. The molecule has 1 aromatic carbocycles. The highest BCUT2D eigenvalue weighted by Crippen LogP contribution is 2.24. The molecule has 19 heavy (non-hydrogen) atoms. The van der Waals surface area contributed by atoms with Crippen LogP contribution in [0.3, 0.4) is 0 Å². The first kappa shape index (κ1) is 14.0. The van der Waals surface area contributed by atoms with Gasteiger partial charge >= 0.3 is 0 Å². The third kappa shape index (κ3) is 3.14. The number of carbonyl (C=O) groups excluding carboxylic acids is 1. The standard InChI is InChI=1S/C15H22N2O2/c1-17(12-9-5-6-10-13(12)18)15(19)14(16)11-7-3-2-4-8-11/h2-4,7-8,12-14,18H,5-6,9-10,16H2,1H3. The fraction of sp³-hybridized carbons (Fsp3) is 0.533. The summed E-state index contributed by atoms with van der Waals surface area (Å²) in [5, 5.41) is 10.0. The number of carbonyl (C=O) groups is 1. The molecular weight excluding hydrogens is 240 g/mol. The summed E-state index contributed by atoms with van der Waals surface area (Å²) in [6, 6.07) is 8.60. The summed E-state index contributed by atoms with van der Waals surface area (Å²) < 4.78 is 0. The SMILES string of the molecule is CN(C(=O)C(N)c1ccccc1)C1CCCCC1O. The molecule has 104 valence electrons. The van der Waals surface area contributed by atoms with Crippen LogP contribution >= 0.6 is 0 Å². The lowest BCUT2D eigenvalue weighted by atomic mass is 9.91. The molecular formula is C15H22N2O2. The minimum Gasteiger partial charge on any atom is -0.391 e. The molecule has 4 nitrogen and oxygen atoms in total. The summed E-state index contributed by atoms with van der Waals surface area (Å²) in [7, 11) is 1.74. The van der Waals surface area contributed by atoms with Crippen molar-refractivity contribution >= 4 is 5.91 Å². The normalized spacial score (nSPS) is 24.8. The summed E-state index contributed by atoms with van der Waals surface area (Å²) >= 11 is 0. The molecule has 1 amide bonds. The van der Waals surface area contributed by atoms with Crippen LogP contribution in [0.5, 0.6) is 0 Å². The Morgan fingerprint density at radius 1 is 1.32 bits per heavy atom. The van der Waals surface area contributed by atoms with Gasteiger partial charge in [0.15, 0.2) is 0 Å². The first-order chi connectivity index (χ1) is 9.11. The highest BCUT2D eigenvalue weighted by Gasteiger charge is 2.31. The van der Waals surface area contributed by atoms with Gasteiger partial charge in [0.25, 0.3) is 0 Å². The lowest BCUT2D eigenvalue weighted by Gasteiger charge is -2.36. The molecule has 0 aliphatic heterocycles. The van der Waals surface area contributed by atoms with Crippen LogP contribution in [-0.2, 0) is 4.79 Å². The van der Waals surface area contributed by atoms with Gasteiger partial charge in [-0.25, -0.2) is 0 Å². The van der Waals surface area contributed by atoms with Gasteiger partial charge in [-0.1, -0.05) is 43.2 Å². The highest BCUT2D eigenvalue weighted by molar-refractivity contribution is 5.83. The summed E-state index contributed by atoms with van der Waals surface area (Å²) in [5.74, 6) is -0.128. The molecule has 0 aromatic heterocycles. The Bertz CT molecular complexity index is 421. The minimum atomic E-state index is -0.652. The van der Waals surface area contributed by atoms with E-state index in [4.69, 9.17) is 5.73 Å². The molecule has 2 rings (SSSR count). The summed E-state index contributed by atoms with van der Waals surface area (Å²) in [6.07, 6.45) is 3.28. The maximum absolute atomic E-state index is 12.4. The molecule has 1 fully saturated rings. The van der Waals surface area contributed by atoms with Crippen LogP contribution in [0.4, 0.5) is 0 Å². The van der Waals surface area contributed by atoms with E-state index in [1.54, 1.807) is 11.9 Å². The van der Waals surface area contributed by atoms with Crippen LogP contribution in [-0.4, -0.2) is 35.1 Å². The van der Waals surface area contributed by atoms with Crippen molar-refractivity contribution in [3.8, 4) is 0 Å². The molecule has 3 atom stereocenters. The zero-order valence-electron chi connectivity index (χ0n) is 11.3. The fourth-order valence-corrected chi connectivity index (χ4v) is 2.73. The molecule has 1 saturated carbocycles. The number of rotatable bonds is 3. The van der Waals surface area contributed by atoms with Crippen molar-refractivity contribution in [2.75, 3.05) is 7.05 Å². The van der Waals surface area contributed by atoms with Gasteiger partial charge in [-0.2, -0.15) is 0 Å². The van der Waals surface area contributed by atoms with Gasteiger partial charge in [0.2, 0.25) is 5.91 Å². The van der Waals surface area contributed by atoms with Crippen molar-refractivity contribution < 1.29 is 9.90 Å². The lowest BCUT2D eigenvalue weighted by Crippen LogP contribution is -2.49. The molecule has 0 radical (unpaired) electrons. The van der Waals surface area contributed by atoms with Gasteiger partial charge in [-0.15, -0.1) is 0 Å². The largest absolute Gasteiger partial charge is 0.391 e. The number of aliphatic hydroxyl groups excluding tert-OH is 1. The Morgan fingerprint density at radius 3 is 2.58 bits per heavy atom. The van der Waals surface area contributed by atoms with Gasteiger partial charge in [-0.05, 0) is 18.4 Å². The third-order valence-corrected chi connectivity index (χ3v) is 3.96. The van der Waals surface area contributed by atoms with E-state index >= 15 is 0 Å². The van der Waals surface area contributed by atoms with Gasteiger partial charge in [0, 0.05) is 7.05 Å². The smallest absolute Gasteiger partial charge is 0.244 e. The van der Waals surface area contributed by atoms with E-state index in [2.05, 4.69) is 0 Å². The number of amides is 1. The van der Waals surface area contributed by atoms with Crippen molar-refractivity contribution in [1.29, 1.82) is 0 Å². The second-order valence-electron chi connectivity index (χ2n) is 5.26. The zero-order valence-corrected chi connectivity index (χ0v) is 11.3. The van der Waals surface area contributed by atoms with E-state index in [1.807, 2.05) is 30.3 Å². The number of benzene rings is 1. The minimum absolute atomic E-state index is 0.101. The second-order valence-corrected chi connectivity index (χ2v) is 5.26. The van der Waals surface area contributed by atoms with E-state index in [0.717, 1.165) is 31.2 Å². The van der Waals surface area contributed by atoms with E-state index in [9.17, 15) is 9.90 Å². The Balaban J connectivity index is 2.06. The van der Waals surface area contributed by atoms with E-state index in [-0.39, 0.29) is 11.9 Å². The molecule has 1 aliphatic rings. The van der Waals surface area contributed by atoms with E-state index in [1.165, 1.54) is 0 Å². The number of aliphatic hydroxyl groups is 1. The molecule has 0 spiro atoms. The predicted octanol–water partition coefficient (Wildman–Crippen LogP) is 1.45. The van der Waals surface area contributed by atoms with E-state index in [0.29, 0.717) is 0 Å². The molecule has 1 aliphatic carbocycles. The summed E-state index contributed by atoms with van der Waals surface area (Å²) in [6.45, 7) is 0. The lowest BCUT2D eigenvalue weighted by molar-refractivity contribution is -0.136. The topological polar surface area (TPSA) is 66.6 Å². The predicted molar refractivity (Wildman–Crippen MR) is 74.4 cm³/mol. The van der Waals surface area contributed by atoms with Gasteiger partial charge in [0.1, 0.15) is 6.04 Å². The number of nitrogens with two attached hydrogens (primary N) is 1. The van der Waals surface area contributed by atoms with Crippen LogP contribution in [0.2, 0.25) is 0 Å². The fourth-order valence-electron chi connectivity index (χ4n) is 2.73.